The molecule has 0 atom stereocenters. The Morgan fingerprint density at radius 1 is 1.18 bits per heavy atom. The van der Waals surface area contributed by atoms with Crippen molar-refractivity contribution in [1.82, 2.24) is 9.78 Å². The minimum Gasteiger partial charge on any atom is -0.492 e. The fraction of sp³-hybridized carbons (Fsp3) is 0.357. The van der Waals surface area contributed by atoms with E-state index in [9.17, 15) is 5.11 Å². The van der Waals surface area contributed by atoms with Gasteiger partial charge in [0.15, 0.2) is 0 Å². The summed E-state index contributed by atoms with van der Waals surface area (Å²) in [5, 5.41) is 14.2. The molecule has 1 heterocycles. The van der Waals surface area contributed by atoms with E-state index in [1.807, 2.05) is 41.9 Å². The maximum atomic E-state index is 9.99. The Balaban J connectivity index is 2.56. The number of nitrogens with zero attached hydrogens (tertiary/aromatic N) is 2. The predicted octanol–water partition coefficient (Wildman–Crippen LogP) is 3.23. The van der Waals surface area contributed by atoms with Gasteiger partial charge in [-0.25, -0.2) is 0 Å². The van der Waals surface area contributed by atoms with Crippen LogP contribution in [0.5, 0.6) is 5.88 Å². The maximum Gasteiger partial charge on any atom is 0.238 e. The molecule has 0 saturated heterocycles. The molecule has 1 aromatic carbocycles. The molecule has 3 heteroatoms. The van der Waals surface area contributed by atoms with Gasteiger partial charge in [-0.3, -0.25) is 4.68 Å². The van der Waals surface area contributed by atoms with Crippen molar-refractivity contribution in [2.24, 2.45) is 0 Å². The molecule has 17 heavy (non-hydrogen) atoms. The average molecular weight is 230 g/mol. The zero-order valence-corrected chi connectivity index (χ0v) is 10.3. The molecule has 0 aliphatic heterocycles. The number of aryl methyl sites for hydroxylation is 1. The zero-order valence-electron chi connectivity index (χ0n) is 10.3. The van der Waals surface area contributed by atoms with Crippen molar-refractivity contribution in [2.45, 2.75) is 33.2 Å². The minimum atomic E-state index is 0.140. The lowest BCUT2D eigenvalue weighted by molar-refractivity contribution is 0.440. The van der Waals surface area contributed by atoms with Gasteiger partial charge in [-0.2, -0.15) is 0 Å². The van der Waals surface area contributed by atoms with Gasteiger partial charge in [0, 0.05) is 6.54 Å². The summed E-state index contributed by atoms with van der Waals surface area (Å²) in [7, 11) is 0. The minimum absolute atomic E-state index is 0.140. The number of aromatic hydroxyl groups is 1. The Morgan fingerprint density at radius 3 is 2.47 bits per heavy atom. The highest BCUT2D eigenvalue weighted by Gasteiger charge is 2.17. The SMILES string of the molecule is CCCc1c(-c2ccccc2)c(O)nn1CC. The zero-order chi connectivity index (χ0) is 12.3. The summed E-state index contributed by atoms with van der Waals surface area (Å²) in [6.45, 7) is 4.97. The van der Waals surface area contributed by atoms with Crippen LogP contribution >= 0.6 is 0 Å². The van der Waals surface area contributed by atoms with Crippen LogP contribution < -0.4 is 0 Å². The predicted molar refractivity (Wildman–Crippen MR) is 69.0 cm³/mol. The van der Waals surface area contributed by atoms with Gasteiger partial charge in [0.25, 0.3) is 0 Å². The van der Waals surface area contributed by atoms with E-state index < -0.39 is 0 Å². The second kappa shape index (κ2) is 5.04. The standard InChI is InChI=1S/C14H18N2O/c1-3-8-12-13(11-9-6-5-7-10-11)14(17)15-16(12)4-2/h5-7,9-10H,3-4,8H2,1-2H3,(H,15,17). The summed E-state index contributed by atoms with van der Waals surface area (Å²) < 4.78 is 1.89. The quantitative estimate of drug-likeness (QED) is 0.875. The summed E-state index contributed by atoms with van der Waals surface area (Å²) >= 11 is 0. The first-order chi connectivity index (χ1) is 8.27. The van der Waals surface area contributed by atoms with Crippen LogP contribution in [0.2, 0.25) is 0 Å². The highest BCUT2D eigenvalue weighted by molar-refractivity contribution is 5.71. The summed E-state index contributed by atoms with van der Waals surface area (Å²) in [5.74, 6) is 0.140. The Kier molecular flexibility index (Phi) is 3.47. The highest BCUT2D eigenvalue weighted by Crippen LogP contribution is 2.32. The fourth-order valence-electron chi connectivity index (χ4n) is 2.14. The third-order valence-electron chi connectivity index (χ3n) is 2.89. The van der Waals surface area contributed by atoms with E-state index in [-0.39, 0.29) is 5.88 Å². The number of rotatable bonds is 4. The van der Waals surface area contributed by atoms with E-state index in [4.69, 9.17) is 0 Å². The summed E-state index contributed by atoms with van der Waals surface area (Å²) in [4.78, 5) is 0. The first-order valence-electron chi connectivity index (χ1n) is 6.12. The van der Waals surface area contributed by atoms with Gasteiger partial charge in [-0.05, 0) is 18.9 Å². The highest BCUT2D eigenvalue weighted by atomic mass is 16.3. The third-order valence-corrected chi connectivity index (χ3v) is 2.89. The van der Waals surface area contributed by atoms with Crippen LogP contribution in [0.3, 0.4) is 0 Å². The normalized spacial score (nSPS) is 10.7. The molecule has 0 radical (unpaired) electrons. The van der Waals surface area contributed by atoms with Crippen LogP contribution in [0.15, 0.2) is 30.3 Å². The Morgan fingerprint density at radius 2 is 1.88 bits per heavy atom. The maximum absolute atomic E-state index is 9.99. The van der Waals surface area contributed by atoms with Gasteiger partial charge >= 0.3 is 0 Å². The molecule has 0 unspecified atom stereocenters. The van der Waals surface area contributed by atoms with Crippen molar-refractivity contribution < 1.29 is 5.11 Å². The number of hydrogen-bond donors (Lipinski definition) is 1. The van der Waals surface area contributed by atoms with Crippen LogP contribution in [0, 0.1) is 0 Å². The van der Waals surface area contributed by atoms with E-state index in [0.29, 0.717) is 0 Å². The molecule has 2 aromatic rings. The monoisotopic (exact) mass is 230 g/mol. The van der Waals surface area contributed by atoms with Crippen LogP contribution in [0.4, 0.5) is 0 Å². The number of benzene rings is 1. The smallest absolute Gasteiger partial charge is 0.238 e. The van der Waals surface area contributed by atoms with Crippen LogP contribution in [-0.4, -0.2) is 14.9 Å². The van der Waals surface area contributed by atoms with Crippen molar-refractivity contribution >= 4 is 0 Å². The topological polar surface area (TPSA) is 38.1 Å². The fourth-order valence-corrected chi connectivity index (χ4v) is 2.14. The van der Waals surface area contributed by atoms with E-state index in [2.05, 4.69) is 12.0 Å². The van der Waals surface area contributed by atoms with E-state index in [1.54, 1.807) is 0 Å². The Hall–Kier alpha value is -1.77. The lowest BCUT2D eigenvalue weighted by Gasteiger charge is -2.06. The molecule has 0 bridgehead atoms. The number of hydrogen-bond acceptors (Lipinski definition) is 2. The molecule has 2 rings (SSSR count). The molecule has 1 aromatic heterocycles. The molecule has 3 nitrogen and oxygen atoms in total. The lowest BCUT2D eigenvalue weighted by Crippen LogP contribution is -2.02. The summed E-state index contributed by atoms with van der Waals surface area (Å²) in [6.07, 6.45) is 1.98. The largest absolute Gasteiger partial charge is 0.492 e. The van der Waals surface area contributed by atoms with Crippen molar-refractivity contribution in [2.75, 3.05) is 0 Å². The van der Waals surface area contributed by atoms with Crippen molar-refractivity contribution in [3.8, 4) is 17.0 Å². The van der Waals surface area contributed by atoms with Gasteiger partial charge < -0.3 is 5.11 Å². The third kappa shape index (κ3) is 2.18. The van der Waals surface area contributed by atoms with Crippen LogP contribution in [0.1, 0.15) is 26.0 Å². The Labute approximate surface area is 102 Å². The van der Waals surface area contributed by atoms with E-state index in [0.717, 1.165) is 36.2 Å². The molecule has 0 saturated carbocycles. The molecule has 0 aliphatic carbocycles. The van der Waals surface area contributed by atoms with Gasteiger partial charge in [-0.1, -0.05) is 43.7 Å². The molecular formula is C14H18N2O. The van der Waals surface area contributed by atoms with E-state index >= 15 is 0 Å². The van der Waals surface area contributed by atoms with Gasteiger partial charge in [0.2, 0.25) is 5.88 Å². The molecule has 0 aliphatic rings. The van der Waals surface area contributed by atoms with Crippen molar-refractivity contribution in [3.05, 3.63) is 36.0 Å². The number of aromatic nitrogens is 2. The summed E-state index contributed by atoms with van der Waals surface area (Å²) in [6, 6.07) is 9.96. The molecule has 1 N–H and O–H groups in total. The second-order valence-electron chi connectivity index (χ2n) is 4.08. The van der Waals surface area contributed by atoms with Gasteiger partial charge in [0.1, 0.15) is 0 Å². The van der Waals surface area contributed by atoms with Crippen LogP contribution in [-0.2, 0) is 13.0 Å². The molecule has 0 fully saturated rings. The average Bonchev–Trinajstić information content (AvgIpc) is 2.67. The van der Waals surface area contributed by atoms with Crippen LogP contribution in [0.25, 0.3) is 11.1 Å². The molecule has 90 valence electrons. The first-order valence-corrected chi connectivity index (χ1v) is 6.12. The van der Waals surface area contributed by atoms with Crippen molar-refractivity contribution in [3.63, 3.8) is 0 Å². The lowest BCUT2D eigenvalue weighted by atomic mass is 10.0. The molecular weight excluding hydrogens is 212 g/mol. The van der Waals surface area contributed by atoms with Gasteiger partial charge in [-0.15, -0.1) is 5.10 Å². The van der Waals surface area contributed by atoms with Crippen molar-refractivity contribution in [1.29, 1.82) is 0 Å². The molecule has 0 amide bonds. The van der Waals surface area contributed by atoms with E-state index in [1.165, 1.54) is 0 Å². The second-order valence-corrected chi connectivity index (χ2v) is 4.08. The Bertz CT molecular complexity index is 488. The summed E-state index contributed by atoms with van der Waals surface area (Å²) in [5.41, 5.74) is 3.04. The first kappa shape index (κ1) is 11.7. The van der Waals surface area contributed by atoms with Gasteiger partial charge in [0.05, 0.1) is 11.3 Å². The molecule has 0 spiro atoms.